The standard InChI is InChI=1S/C14H21NO2/c1-9(2)13(8-16)15-14(17)12-6-10(3)5-11(4)7-12/h5-7,9,13,16H,8H2,1-4H3,(H,15,17)/t13-/m1/s1. The third-order valence-electron chi connectivity index (χ3n) is 2.80. The van der Waals surface area contributed by atoms with Gasteiger partial charge in [0.2, 0.25) is 0 Å². The molecule has 0 unspecified atom stereocenters. The minimum Gasteiger partial charge on any atom is -0.394 e. The van der Waals surface area contributed by atoms with Gasteiger partial charge in [-0.05, 0) is 31.9 Å². The Hall–Kier alpha value is -1.35. The van der Waals surface area contributed by atoms with Crippen LogP contribution in [-0.2, 0) is 0 Å². The molecule has 94 valence electrons. The first-order valence-electron chi connectivity index (χ1n) is 5.94. The summed E-state index contributed by atoms with van der Waals surface area (Å²) in [7, 11) is 0. The lowest BCUT2D eigenvalue weighted by Gasteiger charge is -2.20. The van der Waals surface area contributed by atoms with Crippen molar-refractivity contribution in [3.63, 3.8) is 0 Å². The van der Waals surface area contributed by atoms with Gasteiger partial charge in [-0.25, -0.2) is 0 Å². The first-order valence-corrected chi connectivity index (χ1v) is 5.94. The van der Waals surface area contributed by atoms with Gasteiger partial charge in [0.15, 0.2) is 0 Å². The Bertz CT molecular complexity index is 379. The maximum Gasteiger partial charge on any atom is 0.251 e. The fraction of sp³-hybridized carbons (Fsp3) is 0.500. The highest BCUT2D eigenvalue weighted by Gasteiger charge is 2.16. The smallest absolute Gasteiger partial charge is 0.251 e. The highest BCUT2D eigenvalue weighted by atomic mass is 16.3. The van der Waals surface area contributed by atoms with Crippen LogP contribution in [0, 0.1) is 19.8 Å². The summed E-state index contributed by atoms with van der Waals surface area (Å²) in [5.74, 6) is 0.0967. The molecule has 0 aromatic heterocycles. The number of hydrogen-bond donors (Lipinski definition) is 2. The fourth-order valence-electron chi connectivity index (χ4n) is 1.78. The van der Waals surface area contributed by atoms with Crippen molar-refractivity contribution >= 4 is 5.91 Å². The number of hydrogen-bond acceptors (Lipinski definition) is 2. The van der Waals surface area contributed by atoms with E-state index in [1.807, 2.05) is 45.9 Å². The van der Waals surface area contributed by atoms with Crippen molar-refractivity contribution < 1.29 is 9.90 Å². The van der Waals surface area contributed by atoms with E-state index in [1.54, 1.807) is 0 Å². The Balaban J connectivity index is 2.82. The van der Waals surface area contributed by atoms with E-state index in [-0.39, 0.29) is 24.5 Å². The van der Waals surface area contributed by atoms with Gasteiger partial charge in [-0.1, -0.05) is 31.0 Å². The van der Waals surface area contributed by atoms with Crippen molar-refractivity contribution in [1.29, 1.82) is 0 Å². The molecule has 0 spiro atoms. The van der Waals surface area contributed by atoms with Crippen LogP contribution in [0.15, 0.2) is 18.2 Å². The lowest BCUT2D eigenvalue weighted by molar-refractivity contribution is 0.0896. The van der Waals surface area contributed by atoms with Gasteiger partial charge in [0, 0.05) is 5.56 Å². The zero-order valence-electron chi connectivity index (χ0n) is 10.9. The lowest BCUT2D eigenvalue weighted by atomic mass is 10.0. The van der Waals surface area contributed by atoms with E-state index in [2.05, 4.69) is 5.32 Å². The predicted molar refractivity (Wildman–Crippen MR) is 69.1 cm³/mol. The van der Waals surface area contributed by atoms with Gasteiger partial charge in [0.1, 0.15) is 0 Å². The summed E-state index contributed by atoms with van der Waals surface area (Å²) in [6, 6.07) is 5.56. The van der Waals surface area contributed by atoms with Crippen LogP contribution in [0.4, 0.5) is 0 Å². The Labute approximate surface area is 103 Å². The van der Waals surface area contributed by atoms with Gasteiger partial charge in [0.05, 0.1) is 12.6 Å². The molecule has 3 heteroatoms. The summed E-state index contributed by atoms with van der Waals surface area (Å²) in [6.07, 6.45) is 0. The van der Waals surface area contributed by atoms with Crippen LogP contribution in [0.3, 0.4) is 0 Å². The summed E-state index contributed by atoms with van der Waals surface area (Å²) < 4.78 is 0. The molecule has 17 heavy (non-hydrogen) atoms. The Morgan fingerprint density at radius 2 is 1.76 bits per heavy atom. The highest BCUT2D eigenvalue weighted by molar-refractivity contribution is 5.94. The van der Waals surface area contributed by atoms with Crippen LogP contribution < -0.4 is 5.32 Å². The summed E-state index contributed by atoms with van der Waals surface area (Å²) in [4.78, 5) is 12.0. The molecule has 1 aromatic carbocycles. The molecule has 1 aromatic rings. The van der Waals surface area contributed by atoms with Crippen LogP contribution in [-0.4, -0.2) is 23.7 Å². The molecule has 1 rings (SSSR count). The number of aryl methyl sites for hydroxylation is 2. The van der Waals surface area contributed by atoms with Crippen molar-refractivity contribution in [1.82, 2.24) is 5.32 Å². The number of aliphatic hydroxyl groups excluding tert-OH is 1. The second kappa shape index (κ2) is 5.82. The number of benzene rings is 1. The van der Waals surface area contributed by atoms with E-state index in [0.717, 1.165) is 11.1 Å². The molecule has 0 saturated heterocycles. The van der Waals surface area contributed by atoms with Crippen molar-refractivity contribution in [2.45, 2.75) is 33.7 Å². The minimum absolute atomic E-state index is 0.0335. The zero-order valence-corrected chi connectivity index (χ0v) is 10.9. The van der Waals surface area contributed by atoms with Gasteiger partial charge in [-0.2, -0.15) is 0 Å². The van der Waals surface area contributed by atoms with Crippen molar-refractivity contribution in [2.24, 2.45) is 5.92 Å². The van der Waals surface area contributed by atoms with E-state index >= 15 is 0 Å². The number of carbonyl (C=O) groups is 1. The summed E-state index contributed by atoms with van der Waals surface area (Å²) in [5, 5.41) is 12.0. The van der Waals surface area contributed by atoms with Crippen LogP contribution in [0.1, 0.15) is 35.3 Å². The predicted octanol–water partition coefficient (Wildman–Crippen LogP) is 2.05. The van der Waals surface area contributed by atoms with Crippen LogP contribution in [0.5, 0.6) is 0 Å². The average Bonchev–Trinajstić information content (AvgIpc) is 2.23. The number of nitrogens with one attached hydrogen (secondary N) is 1. The third kappa shape index (κ3) is 3.86. The molecule has 0 bridgehead atoms. The molecule has 1 atom stereocenters. The Morgan fingerprint density at radius 3 is 2.18 bits per heavy atom. The second-order valence-electron chi connectivity index (χ2n) is 4.88. The van der Waals surface area contributed by atoms with Crippen LogP contribution >= 0.6 is 0 Å². The highest BCUT2D eigenvalue weighted by Crippen LogP contribution is 2.10. The van der Waals surface area contributed by atoms with Crippen molar-refractivity contribution in [2.75, 3.05) is 6.61 Å². The molecule has 1 amide bonds. The molecule has 0 heterocycles. The van der Waals surface area contributed by atoms with Crippen LogP contribution in [0.2, 0.25) is 0 Å². The normalized spacial score (nSPS) is 12.6. The fourth-order valence-corrected chi connectivity index (χ4v) is 1.78. The number of amides is 1. The Morgan fingerprint density at radius 1 is 1.24 bits per heavy atom. The molecular weight excluding hydrogens is 214 g/mol. The molecule has 0 radical (unpaired) electrons. The molecular formula is C14H21NO2. The summed E-state index contributed by atoms with van der Waals surface area (Å²) in [6.45, 7) is 7.85. The molecule has 0 fully saturated rings. The molecule has 2 N–H and O–H groups in total. The molecule has 0 aliphatic rings. The molecule has 0 aliphatic carbocycles. The number of rotatable bonds is 4. The summed E-state index contributed by atoms with van der Waals surface area (Å²) >= 11 is 0. The molecule has 0 saturated carbocycles. The first kappa shape index (κ1) is 13.7. The number of aliphatic hydroxyl groups is 1. The average molecular weight is 235 g/mol. The van der Waals surface area contributed by atoms with Crippen molar-refractivity contribution in [3.8, 4) is 0 Å². The van der Waals surface area contributed by atoms with E-state index in [0.29, 0.717) is 5.56 Å². The van der Waals surface area contributed by atoms with E-state index in [4.69, 9.17) is 0 Å². The maximum atomic E-state index is 12.0. The minimum atomic E-state index is -0.191. The second-order valence-corrected chi connectivity index (χ2v) is 4.88. The van der Waals surface area contributed by atoms with Gasteiger partial charge in [-0.3, -0.25) is 4.79 Å². The van der Waals surface area contributed by atoms with E-state index < -0.39 is 0 Å². The van der Waals surface area contributed by atoms with Gasteiger partial charge in [-0.15, -0.1) is 0 Å². The monoisotopic (exact) mass is 235 g/mol. The van der Waals surface area contributed by atoms with E-state index in [9.17, 15) is 9.90 Å². The molecule has 3 nitrogen and oxygen atoms in total. The van der Waals surface area contributed by atoms with Crippen LogP contribution in [0.25, 0.3) is 0 Å². The summed E-state index contributed by atoms with van der Waals surface area (Å²) in [5.41, 5.74) is 2.79. The largest absolute Gasteiger partial charge is 0.394 e. The van der Waals surface area contributed by atoms with Gasteiger partial charge in [0.25, 0.3) is 5.91 Å². The third-order valence-corrected chi connectivity index (χ3v) is 2.80. The van der Waals surface area contributed by atoms with E-state index in [1.165, 1.54) is 0 Å². The van der Waals surface area contributed by atoms with Crippen molar-refractivity contribution in [3.05, 3.63) is 34.9 Å². The Kier molecular flexibility index (Phi) is 4.70. The zero-order chi connectivity index (χ0) is 13.0. The van der Waals surface area contributed by atoms with Gasteiger partial charge < -0.3 is 10.4 Å². The van der Waals surface area contributed by atoms with Gasteiger partial charge >= 0.3 is 0 Å². The maximum absolute atomic E-state index is 12.0. The topological polar surface area (TPSA) is 49.3 Å². The lowest BCUT2D eigenvalue weighted by Crippen LogP contribution is -2.41. The molecule has 0 aliphatic heterocycles. The SMILES string of the molecule is Cc1cc(C)cc(C(=O)N[C@H](CO)C(C)C)c1. The first-order chi connectivity index (χ1) is 7.93. The number of carbonyl (C=O) groups excluding carboxylic acids is 1. The quantitative estimate of drug-likeness (QED) is 0.839.